The number of hydrogen-bond acceptors (Lipinski definition) is 15. The molecule has 0 aliphatic carbocycles. The van der Waals surface area contributed by atoms with Crippen molar-refractivity contribution in [2.75, 3.05) is 25.6 Å². The second-order valence-corrected chi connectivity index (χ2v) is 11.2. The Bertz CT molecular complexity index is 1430. The Morgan fingerprint density at radius 2 is 2.10 bits per heavy atom. The lowest BCUT2D eigenvalue weighted by Crippen LogP contribution is -2.34. The topological polar surface area (TPSA) is 299 Å². The highest BCUT2D eigenvalue weighted by molar-refractivity contribution is 7.64. The van der Waals surface area contributed by atoms with Gasteiger partial charge in [-0.05, 0) is 9.84 Å². The van der Waals surface area contributed by atoms with Crippen LogP contribution in [-0.2, 0) is 41.0 Å². The summed E-state index contributed by atoms with van der Waals surface area (Å²) in [5.74, 6) is 5.44. The molecule has 212 valence electrons. The third-order valence-electron chi connectivity index (χ3n) is 4.72. The first-order chi connectivity index (χ1) is 18.4. The zero-order chi connectivity index (χ0) is 28.8. The van der Waals surface area contributed by atoms with Gasteiger partial charge in [-0.1, -0.05) is 17.0 Å². The average Bonchev–Trinajstić information content (AvgIpc) is 3.38. The molecule has 0 aromatic carbocycles. The normalized spacial score (nSPS) is 24.3. The zero-order valence-corrected chi connectivity index (χ0v) is 21.8. The predicted octanol–water partition coefficient (Wildman–Crippen LogP) is 1.61. The summed E-state index contributed by atoms with van der Waals surface area (Å²) in [5, 5.41) is 11.6. The van der Waals surface area contributed by atoms with Crippen molar-refractivity contribution < 1.29 is 60.4 Å². The standard InChI is InChI=1S/C15H18FN8O12P3/c16-11-12(31-7-22-23-19)9(5-32-37(26)35-39(29,30)36-38(27,28)34-25)33-15(11)24-4-8(2-1-3-17)10-13(18)20-6-21-14(10)24/h4,6,9,11-12,15H,3,5,7,17H2,(H4-,18,20,21,25,27,28,29,30)/p+1/t9-,11-,12-,15-/m1/s1. The van der Waals surface area contributed by atoms with Gasteiger partial charge in [-0.3, -0.25) is 4.89 Å². The van der Waals surface area contributed by atoms with Crippen molar-refractivity contribution in [3.05, 3.63) is 28.5 Å². The maximum absolute atomic E-state index is 15.6. The van der Waals surface area contributed by atoms with E-state index < -0.39 is 61.8 Å². The van der Waals surface area contributed by atoms with Crippen LogP contribution in [0.25, 0.3) is 21.5 Å². The summed E-state index contributed by atoms with van der Waals surface area (Å²) in [4.78, 5) is 28.7. The molecule has 24 heteroatoms. The molecule has 7 N–H and O–H groups in total. The van der Waals surface area contributed by atoms with Gasteiger partial charge in [0.05, 0.1) is 17.5 Å². The molecule has 3 rings (SSSR count). The molecule has 2 aromatic heterocycles. The maximum atomic E-state index is 15.6. The van der Waals surface area contributed by atoms with Gasteiger partial charge in [0, 0.05) is 15.7 Å². The minimum Gasteiger partial charge on any atom is -0.383 e. The van der Waals surface area contributed by atoms with Gasteiger partial charge in [0.15, 0.2) is 12.4 Å². The van der Waals surface area contributed by atoms with Gasteiger partial charge in [0.2, 0.25) is 0 Å². The first-order valence-corrected chi connectivity index (χ1v) is 14.2. The number of ether oxygens (including phenoxy) is 2. The highest BCUT2D eigenvalue weighted by atomic mass is 31.3. The van der Waals surface area contributed by atoms with E-state index in [0.29, 0.717) is 5.56 Å². The molecule has 1 aliphatic rings. The van der Waals surface area contributed by atoms with Crippen LogP contribution >= 0.6 is 23.9 Å². The highest BCUT2D eigenvalue weighted by Crippen LogP contribution is 2.63. The second-order valence-electron chi connectivity index (χ2n) is 7.12. The Hall–Kier alpha value is -2.62. The van der Waals surface area contributed by atoms with E-state index in [-0.39, 0.29) is 23.4 Å². The fraction of sp³-hybridized carbons (Fsp3) is 0.467. The van der Waals surface area contributed by atoms with Gasteiger partial charge in [-0.15, -0.1) is 9.20 Å². The van der Waals surface area contributed by atoms with Crippen LogP contribution in [0, 0.1) is 11.8 Å². The minimum absolute atomic E-state index is 0.00953. The fourth-order valence-electron chi connectivity index (χ4n) is 3.34. The molecule has 3 heterocycles. The van der Waals surface area contributed by atoms with Crippen molar-refractivity contribution in [1.29, 1.82) is 0 Å². The molecule has 3 unspecified atom stereocenters. The summed E-state index contributed by atoms with van der Waals surface area (Å²) in [5.41, 5.74) is 20.3. The van der Waals surface area contributed by atoms with Crippen LogP contribution in [0.3, 0.4) is 0 Å². The predicted molar refractivity (Wildman–Crippen MR) is 125 cm³/mol. The summed E-state index contributed by atoms with van der Waals surface area (Å²) in [6, 6.07) is 0. The number of halogens is 1. The van der Waals surface area contributed by atoms with Gasteiger partial charge >= 0.3 is 23.9 Å². The first-order valence-electron chi connectivity index (χ1n) is 10.1. The van der Waals surface area contributed by atoms with Gasteiger partial charge in [-0.2, -0.15) is 4.31 Å². The van der Waals surface area contributed by atoms with E-state index in [9.17, 15) is 18.6 Å². The molecule has 0 radical (unpaired) electrons. The Morgan fingerprint density at radius 3 is 2.77 bits per heavy atom. The Morgan fingerprint density at radius 1 is 1.36 bits per heavy atom. The molecule has 0 bridgehead atoms. The quantitative estimate of drug-likeness (QED) is 0.0431. The van der Waals surface area contributed by atoms with Gasteiger partial charge in [0.1, 0.15) is 43.3 Å². The van der Waals surface area contributed by atoms with Crippen LogP contribution in [0.15, 0.2) is 17.6 Å². The number of anilines is 1. The van der Waals surface area contributed by atoms with E-state index >= 15 is 4.39 Å². The van der Waals surface area contributed by atoms with Gasteiger partial charge in [0.25, 0.3) is 0 Å². The zero-order valence-electron chi connectivity index (χ0n) is 19.2. The number of rotatable bonds is 12. The van der Waals surface area contributed by atoms with E-state index in [1.54, 1.807) is 0 Å². The summed E-state index contributed by atoms with van der Waals surface area (Å²) in [7, 11) is -14.6. The summed E-state index contributed by atoms with van der Waals surface area (Å²) in [6.45, 7) is -1.44. The lowest BCUT2D eigenvalue weighted by molar-refractivity contribution is -0.157. The number of aromatic nitrogens is 3. The van der Waals surface area contributed by atoms with Crippen molar-refractivity contribution >= 4 is 40.8 Å². The number of nitrogen functional groups attached to an aromatic ring is 1. The van der Waals surface area contributed by atoms with Crippen molar-refractivity contribution in [3.63, 3.8) is 0 Å². The number of azide groups is 1. The monoisotopic (exact) mass is 615 g/mol. The molecular weight excluding hydrogens is 596 g/mol. The van der Waals surface area contributed by atoms with E-state index in [1.807, 2.05) is 0 Å². The SMILES string of the molecule is [N-]=[N+]=NCO[C@H]1[C@@H](F)[C@H](n2cc(C#CCN)c3c(N)ncnc32)O[C@@H]1CO[P+](=O)OP(=O)(O)OP(=O)(O)OO. The van der Waals surface area contributed by atoms with Crippen molar-refractivity contribution in [3.8, 4) is 11.8 Å². The molecule has 39 heavy (non-hydrogen) atoms. The number of nitrogens with zero attached hydrogens (tertiary/aromatic N) is 6. The fourth-order valence-corrected chi connectivity index (χ4v) is 6.02. The average molecular weight is 615 g/mol. The summed E-state index contributed by atoms with van der Waals surface area (Å²) in [6.07, 6.45) is -3.90. The van der Waals surface area contributed by atoms with Crippen molar-refractivity contribution in [2.45, 2.75) is 24.6 Å². The van der Waals surface area contributed by atoms with E-state index in [0.717, 1.165) is 6.33 Å². The van der Waals surface area contributed by atoms with Crippen molar-refractivity contribution in [2.24, 2.45) is 10.8 Å². The highest BCUT2D eigenvalue weighted by Gasteiger charge is 2.50. The van der Waals surface area contributed by atoms with Crippen LogP contribution in [-0.4, -0.2) is 67.8 Å². The minimum atomic E-state index is -5.56. The summed E-state index contributed by atoms with van der Waals surface area (Å²) < 4.78 is 78.0. The molecule has 0 spiro atoms. The molecule has 2 aromatic rings. The molecule has 0 saturated carbocycles. The number of phosphoric acid groups is 2. The van der Waals surface area contributed by atoms with E-state index in [1.165, 1.54) is 10.8 Å². The molecule has 1 aliphatic heterocycles. The molecule has 0 amide bonds. The summed E-state index contributed by atoms with van der Waals surface area (Å²) >= 11 is 0. The van der Waals surface area contributed by atoms with Crippen LogP contribution in [0.4, 0.5) is 10.2 Å². The van der Waals surface area contributed by atoms with Crippen LogP contribution < -0.4 is 11.5 Å². The van der Waals surface area contributed by atoms with E-state index in [4.69, 9.17) is 41.1 Å². The Balaban J connectivity index is 1.84. The Kier molecular flexibility index (Phi) is 10.4. The van der Waals surface area contributed by atoms with Crippen molar-refractivity contribution in [1.82, 2.24) is 14.5 Å². The lowest BCUT2D eigenvalue weighted by Gasteiger charge is -2.17. The maximum Gasteiger partial charge on any atom is 0.708 e. The van der Waals surface area contributed by atoms with Crippen LogP contribution in [0.5, 0.6) is 0 Å². The van der Waals surface area contributed by atoms with Gasteiger partial charge in [-0.25, -0.2) is 28.7 Å². The molecule has 7 atom stereocenters. The Labute approximate surface area is 217 Å². The van der Waals surface area contributed by atoms with Crippen LogP contribution in [0.1, 0.15) is 11.8 Å². The molecule has 1 saturated heterocycles. The third-order valence-corrected chi connectivity index (χ3v) is 8.29. The van der Waals surface area contributed by atoms with Gasteiger partial charge < -0.3 is 30.4 Å². The smallest absolute Gasteiger partial charge is 0.383 e. The number of hydrogen-bond donors (Lipinski definition) is 5. The number of fused-ring (bicyclic) bond motifs is 1. The molecule has 1 fully saturated rings. The number of alkyl halides is 1. The number of nitrogens with two attached hydrogens (primary N) is 2. The lowest BCUT2D eigenvalue weighted by atomic mass is 10.1. The molecule has 20 nitrogen and oxygen atoms in total. The third kappa shape index (κ3) is 7.74. The van der Waals surface area contributed by atoms with E-state index in [2.05, 4.69) is 45.1 Å². The molecular formula is C15H19FN8O12P3+. The second kappa shape index (κ2) is 13.2. The van der Waals surface area contributed by atoms with Crippen LogP contribution in [0.2, 0.25) is 0 Å². The first kappa shape index (κ1) is 30.9. The largest absolute Gasteiger partial charge is 0.708 e.